The van der Waals surface area contributed by atoms with E-state index in [9.17, 15) is 0 Å². The van der Waals surface area contributed by atoms with Crippen molar-refractivity contribution in [1.82, 2.24) is 4.90 Å². The van der Waals surface area contributed by atoms with E-state index in [1.165, 1.54) is 37.1 Å². The van der Waals surface area contributed by atoms with Gasteiger partial charge in [-0.1, -0.05) is 35.9 Å². The summed E-state index contributed by atoms with van der Waals surface area (Å²) in [6.45, 7) is 2.48. The van der Waals surface area contributed by atoms with Gasteiger partial charge in [-0.2, -0.15) is 0 Å². The Hall–Kier alpha value is -0.790. The molecule has 1 aliphatic heterocycles. The van der Waals surface area contributed by atoms with Crippen LogP contribution in [0.15, 0.2) is 24.3 Å². The highest BCUT2D eigenvalue weighted by atomic mass is 35.5. The number of fused-ring (bicyclic) bond motifs is 1. The second-order valence-electron chi connectivity index (χ2n) is 4.64. The van der Waals surface area contributed by atoms with Crippen molar-refractivity contribution in [3.8, 4) is 0 Å². The van der Waals surface area contributed by atoms with Crippen molar-refractivity contribution >= 4 is 17.7 Å². The van der Waals surface area contributed by atoms with Crippen LogP contribution in [-0.2, 0) is 0 Å². The molecular formula is C14H16ClN. The Morgan fingerprint density at radius 1 is 1.19 bits per heavy atom. The second kappa shape index (κ2) is 4.23. The van der Waals surface area contributed by atoms with Gasteiger partial charge in [0.25, 0.3) is 0 Å². The number of hydrogen-bond acceptors (Lipinski definition) is 1. The van der Waals surface area contributed by atoms with E-state index >= 15 is 0 Å². The standard InChI is InChI=1S/C14H16ClN/c15-13-7-3-6-12-11(13)5-4-8-14(12)16-9-1-2-10-16/h3-7,14H,1-2,8-10H2. The lowest BCUT2D eigenvalue weighted by Crippen LogP contribution is -2.26. The summed E-state index contributed by atoms with van der Waals surface area (Å²) in [6.07, 6.45) is 8.25. The van der Waals surface area contributed by atoms with E-state index in [2.05, 4.69) is 29.2 Å². The summed E-state index contributed by atoms with van der Waals surface area (Å²) < 4.78 is 0. The van der Waals surface area contributed by atoms with Gasteiger partial charge in [-0.05, 0) is 49.5 Å². The molecule has 1 heterocycles. The highest BCUT2D eigenvalue weighted by Crippen LogP contribution is 2.37. The number of benzene rings is 1. The fourth-order valence-corrected chi connectivity index (χ4v) is 3.11. The Bertz CT molecular complexity index is 419. The Morgan fingerprint density at radius 3 is 2.81 bits per heavy atom. The van der Waals surface area contributed by atoms with Crippen LogP contribution in [-0.4, -0.2) is 18.0 Å². The highest BCUT2D eigenvalue weighted by molar-refractivity contribution is 6.32. The molecule has 1 aromatic carbocycles. The molecule has 0 radical (unpaired) electrons. The van der Waals surface area contributed by atoms with Crippen LogP contribution in [0.3, 0.4) is 0 Å². The van der Waals surface area contributed by atoms with Gasteiger partial charge in [0.2, 0.25) is 0 Å². The zero-order valence-electron chi connectivity index (χ0n) is 9.32. The van der Waals surface area contributed by atoms with Crippen LogP contribution in [0.25, 0.3) is 6.08 Å². The van der Waals surface area contributed by atoms with E-state index < -0.39 is 0 Å². The molecule has 1 saturated heterocycles. The Morgan fingerprint density at radius 2 is 2.00 bits per heavy atom. The number of likely N-dealkylation sites (tertiary alicyclic amines) is 1. The second-order valence-corrected chi connectivity index (χ2v) is 5.05. The summed E-state index contributed by atoms with van der Waals surface area (Å²) in [5.74, 6) is 0. The first-order valence-corrected chi connectivity index (χ1v) is 6.43. The summed E-state index contributed by atoms with van der Waals surface area (Å²) in [4.78, 5) is 2.60. The van der Waals surface area contributed by atoms with Crippen molar-refractivity contribution in [3.63, 3.8) is 0 Å². The van der Waals surface area contributed by atoms with Gasteiger partial charge in [-0.15, -0.1) is 0 Å². The SMILES string of the molecule is Clc1cccc2c1C=CCC2N1CCCC1. The molecule has 1 fully saturated rings. The quantitative estimate of drug-likeness (QED) is 0.711. The molecule has 1 aromatic rings. The number of nitrogens with zero attached hydrogens (tertiary/aromatic N) is 1. The molecule has 1 aliphatic carbocycles. The van der Waals surface area contributed by atoms with Gasteiger partial charge in [0, 0.05) is 11.1 Å². The first-order valence-electron chi connectivity index (χ1n) is 6.05. The third-order valence-electron chi connectivity index (χ3n) is 3.67. The van der Waals surface area contributed by atoms with E-state index in [0.29, 0.717) is 6.04 Å². The number of halogens is 1. The largest absolute Gasteiger partial charge is 0.296 e. The molecular weight excluding hydrogens is 218 g/mol. The van der Waals surface area contributed by atoms with Crippen molar-refractivity contribution in [1.29, 1.82) is 0 Å². The first kappa shape index (κ1) is 10.4. The molecule has 0 spiro atoms. The topological polar surface area (TPSA) is 3.24 Å². The monoisotopic (exact) mass is 233 g/mol. The summed E-state index contributed by atoms with van der Waals surface area (Å²) >= 11 is 6.24. The average molecular weight is 234 g/mol. The van der Waals surface area contributed by atoms with Crippen LogP contribution in [0.5, 0.6) is 0 Å². The van der Waals surface area contributed by atoms with E-state index in [4.69, 9.17) is 11.6 Å². The Balaban J connectivity index is 1.99. The molecule has 2 heteroatoms. The van der Waals surface area contributed by atoms with Crippen molar-refractivity contribution in [2.75, 3.05) is 13.1 Å². The predicted octanol–water partition coefficient (Wildman–Crippen LogP) is 3.89. The van der Waals surface area contributed by atoms with Gasteiger partial charge < -0.3 is 0 Å². The lowest BCUT2D eigenvalue weighted by atomic mass is 9.92. The average Bonchev–Trinajstić information content (AvgIpc) is 2.82. The van der Waals surface area contributed by atoms with Crippen LogP contribution in [0, 0.1) is 0 Å². The molecule has 1 atom stereocenters. The molecule has 0 bridgehead atoms. The van der Waals surface area contributed by atoms with Gasteiger partial charge in [0.1, 0.15) is 0 Å². The highest BCUT2D eigenvalue weighted by Gasteiger charge is 2.26. The van der Waals surface area contributed by atoms with Crippen molar-refractivity contribution in [2.45, 2.75) is 25.3 Å². The molecule has 0 aromatic heterocycles. The minimum atomic E-state index is 0.557. The van der Waals surface area contributed by atoms with Gasteiger partial charge in [0.05, 0.1) is 0 Å². The van der Waals surface area contributed by atoms with Gasteiger partial charge >= 0.3 is 0 Å². The summed E-state index contributed by atoms with van der Waals surface area (Å²) in [5, 5.41) is 0.887. The maximum absolute atomic E-state index is 6.24. The summed E-state index contributed by atoms with van der Waals surface area (Å²) in [7, 11) is 0. The van der Waals surface area contributed by atoms with E-state index in [0.717, 1.165) is 11.4 Å². The number of rotatable bonds is 1. The molecule has 16 heavy (non-hydrogen) atoms. The maximum atomic E-state index is 6.24. The maximum Gasteiger partial charge on any atom is 0.0481 e. The van der Waals surface area contributed by atoms with Crippen LogP contribution in [0.2, 0.25) is 5.02 Å². The Kier molecular flexibility index (Phi) is 2.74. The van der Waals surface area contributed by atoms with Crippen LogP contribution in [0.4, 0.5) is 0 Å². The zero-order valence-corrected chi connectivity index (χ0v) is 10.1. The minimum Gasteiger partial charge on any atom is -0.296 e. The zero-order chi connectivity index (χ0) is 11.0. The molecule has 1 unspecified atom stereocenters. The molecule has 0 N–H and O–H groups in total. The van der Waals surface area contributed by atoms with Crippen LogP contribution >= 0.6 is 11.6 Å². The molecule has 84 valence electrons. The summed E-state index contributed by atoms with van der Waals surface area (Å²) in [5.41, 5.74) is 2.64. The fraction of sp³-hybridized carbons (Fsp3) is 0.429. The lowest BCUT2D eigenvalue weighted by molar-refractivity contribution is 0.246. The molecule has 1 nitrogen and oxygen atoms in total. The van der Waals surface area contributed by atoms with Crippen molar-refractivity contribution in [3.05, 3.63) is 40.4 Å². The predicted molar refractivity (Wildman–Crippen MR) is 68.7 cm³/mol. The minimum absolute atomic E-state index is 0.557. The van der Waals surface area contributed by atoms with E-state index in [1.807, 2.05) is 6.07 Å². The third kappa shape index (κ3) is 1.68. The smallest absolute Gasteiger partial charge is 0.0481 e. The van der Waals surface area contributed by atoms with Crippen molar-refractivity contribution in [2.24, 2.45) is 0 Å². The van der Waals surface area contributed by atoms with E-state index in [-0.39, 0.29) is 0 Å². The summed E-state index contributed by atoms with van der Waals surface area (Å²) in [6, 6.07) is 6.84. The number of hydrogen-bond donors (Lipinski definition) is 0. The van der Waals surface area contributed by atoms with Crippen LogP contribution in [0.1, 0.15) is 36.4 Å². The first-order chi connectivity index (χ1) is 7.86. The van der Waals surface area contributed by atoms with E-state index in [1.54, 1.807) is 0 Å². The molecule has 2 aliphatic rings. The van der Waals surface area contributed by atoms with Crippen molar-refractivity contribution < 1.29 is 0 Å². The fourth-order valence-electron chi connectivity index (χ4n) is 2.86. The van der Waals surface area contributed by atoms with Gasteiger partial charge in [0.15, 0.2) is 0 Å². The third-order valence-corrected chi connectivity index (χ3v) is 4.00. The normalized spacial score (nSPS) is 24.7. The van der Waals surface area contributed by atoms with Crippen LogP contribution < -0.4 is 0 Å². The van der Waals surface area contributed by atoms with Gasteiger partial charge in [-0.3, -0.25) is 4.90 Å². The lowest BCUT2D eigenvalue weighted by Gasteiger charge is -2.30. The molecule has 3 rings (SSSR count). The van der Waals surface area contributed by atoms with Gasteiger partial charge in [-0.25, -0.2) is 0 Å². The Labute approximate surface area is 102 Å². The molecule has 0 saturated carbocycles. The molecule has 0 amide bonds.